The van der Waals surface area contributed by atoms with Crippen molar-refractivity contribution in [2.75, 3.05) is 11.9 Å². The standard InChI is InChI=1S/C13H15F3N2O2/c14-13(15,16)10-6-9(4-3-8(10)7-17)18-12(19)11-2-1-5-20-11/h3-4,6,11H,1-2,5,7,17H2,(H,18,19). The number of rotatable bonds is 3. The fraction of sp³-hybridized carbons (Fsp3) is 0.462. The zero-order chi connectivity index (χ0) is 14.8. The number of ether oxygens (including phenoxy) is 1. The van der Waals surface area contributed by atoms with Crippen LogP contribution in [0.3, 0.4) is 0 Å². The molecule has 3 N–H and O–H groups in total. The summed E-state index contributed by atoms with van der Waals surface area (Å²) < 4.78 is 43.8. The topological polar surface area (TPSA) is 64.3 Å². The summed E-state index contributed by atoms with van der Waals surface area (Å²) >= 11 is 0. The minimum absolute atomic E-state index is 0.00684. The molecule has 0 radical (unpaired) electrons. The second-order valence-corrected chi connectivity index (χ2v) is 4.56. The summed E-state index contributed by atoms with van der Waals surface area (Å²) in [6, 6.07) is 3.58. The van der Waals surface area contributed by atoms with Crippen LogP contribution in [0.1, 0.15) is 24.0 Å². The zero-order valence-corrected chi connectivity index (χ0v) is 10.7. The van der Waals surface area contributed by atoms with E-state index in [-0.39, 0.29) is 17.8 Å². The first-order chi connectivity index (χ1) is 9.41. The molecule has 1 heterocycles. The van der Waals surface area contributed by atoms with E-state index in [2.05, 4.69) is 5.32 Å². The van der Waals surface area contributed by atoms with Crippen molar-refractivity contribution >= 4 is 11.6 Å². The van der Waals surface area contributed by atoms with E-state index in [1.165, 1.54) is 12.1 Å². The Kier molecular flexibility index (Phi) is 4.29. The number of amides is 1. The third-order valence-electron chi connectivity index (χ3n) is 3.12. The summed E-state index contributed by atoms with van der Waals surface area (Å²) in [7, 11) is 0. The van der Waals surface area contributed by atoms with E-state index in [1.807, 2.05) is 0 Å². The van der Waals surface area contributed by atoms with Gasteiger partial charge in [-0.2, -0.15) is 13.2 Å². The highest BCUT2D eigenvalue weighted by molar-refractivity contribution is 5.94. The highest BCUT2D eigenvalue weighted by Crippen LogP contribution is 2.33. The summed E-state index contributed by atoms with van der Waals surface area (Å²) in [4.78, 5) is 11.8. The van der Waals surface area contributed by atoms with Crippen LogP contribution in [0.2, 0.25) is 0 Å². The number of nitrogens with one attached hydrogen (secondary N) is 1. The maximum Gasteiger partial charge on any atom is 0.416 e. The van der Waals surface area contributed by atoms with Crippen molar-refractivity contribution in [3.8, 4) is 0 Å². The Bertz CT molecular complexity index is 497. The van der Waals surface area contributed by atoms with Crippen molar-refractivity contribution < 1.29 is 22.7 Å². The Morgan fingerprint density at radius 1 is 1.45 bits per heavy atom. The largest absolute Gasteiger partial charge is 0.416 e. The molecule has 0 saturated carbocycles. The summed E-state index contributed by atoms with van der Waals surface area (Å²) in [6.07, 6.45) is -3.73. The van der Waals surface area contributed by atoms with Crippen molar-refractivity contribution in [2.24, 2.45) is 5.73 Å². The fourth-order valence-corrected chi connectivity index (χ4v) is 2.10. The Labute approximate surface area is 114 Å². The normalized spacial score (nSPS) is 19.1. The van der Waals surface area contributed by atoms with Gasteiger partial charge in [-0.3, -0.25) is 4.79 Å². The number of anilines is 1. The summed E-state index contributed by atoms with van der Waals surface area (Å²) in [5.74, 6) is -0.420. The Morgan fingerprint density at radius 3 is 2.75 bits per heavy atom. The van der Waals surface area contributed by atoms with Gasteiger partial charge in [0.25, 0.3) is 5.91 Å². The van der Waals surface area contributed by atoms with E-state index in [9.17, 15) is 18.0 Å². The molecule has 1 atom stereocenters. The number of halogens is 3. The number of hydrogen-bond donors (Lipinski definition) is 2. The Hall–Kier alpha value is -1.60. The van der Waals surface area contributed by atoms with Gasteiger partial charge in [-0.1, -0.05) is 6.07 Å². The highest BCUT2D eigenvalue weighted by atomic mass is 19.4. The second kappa shape index (κ2) is 5.80. The molecule has 0 spiro atoms. The summed E-state index contributed by atoms with van der Waals surface area (Å²) in [6.45, 7) is 0.285. The predicted octanol–water partition coefficient (Wildman–Crippen LogP) is 2.28. The van der Waals surface area contributed by atoms with Gasteiger partial charge in [0.05, 0.1) is 5.56 Å². The number of alkyl halides is 3. The smallest absolute Gasteiger partial charge is 0.368 e. The first kappa shape index (κ1) is 14.8. The third kappa shape index (κ3) is 3.29. The molecule has 0 aliphatic carbocycles. The molecule has 110 valence electrons. The molecule has 1 aromatic rings. The first-order valence-electron chi connectivity index (χ1n) is 6.24. The molecule has 1 aromatic carbocycles. The van der Waals surface area contributed by atoms with Gasteiger partial charge in [0, 0.05) is 18.8 Å². The minimum Gasteiger partial charge on any atom is -0.368 e. The van der Waals surface area contributed by atoms with Gasteiger partial charge in [-0.25, -0.2) is 0 Å². The van der Waals surface area contributed by atoms with Gasteiger partial charge >= 0.3 is 6.18 Å². The van der Waals surface area contributed by atoms with Crippen molar-refractivity contribution in [3.05, 3.63) is 29.3 Å². The Balaban J connectivity index is 2.18. The van der Waals surface area contributed by atoms with Gasteiger partial charge in [0.2, 0.25) is 0 Å². The predicted molar refractivity (Wildman–Crippen MR) is 66.9 cm³/mol. The minimum atomic E-state index is -4.50. The molecule has 1 saturated heterocycles. The molecular weight excluding hydrogens is 273 g/mol. The quantitative estimate of drug-likeness (QED) is 0.897. The lowest BCUT2D eigenvalue weighted by Crippen LogP contribution is -2.27. The van der Waals surface area contributed by atoms with E-state index in [0.29, 0.717) is 13.0 Å². The van der Waals surface area contributed by atoms with Crippen LogP contribution in [-0.4, -0.2) is 18.6 Å². The average Bonchev–Trinajstić information content (AvgIpc) is 2.91. The van der Waals surface area contributed by atoms with E-state index < -0.39 is 23.8 Å². The summed E-state index contributed by atoms with van der Waals surface area (Å²) in [5.41, 5.74) is 4.55. The lowest BCUT2D eigenvalue weighted by atomic mass is 10.1. The van der Waals surface area contributed by atoms with Gasteiger partial charge in [-0.15, -0.1) is 0 Å². The molecule has 1 amide bonds. The highest BCUT2D eigenvalue weighted by Gasteiger charge is 2.33. The van der Waals surface area contributed by atoms with Crippen LogP contribution in [0.15, 0.2) is 18.2 Å². The lowest BCUT2D eigenvalue weighted by molar-refractivity contribution is -0.138. The monoisotopic (exact) mass is 288 g/mol. The van der Waals surface area contributed by atoms with E-state index in [4.69, 9.17) is 10.5 Å². The van der Waals surface area contributed by atoms with Crippen molar-refractivity contribution in [1.82, 2.24) is 0 Å². The lowest BCUT2D eigenvalue weighted by Gasteiger charge is -2.15. The molecular formula is C13H15F3N2O2. The number of hydrogen-bond acceptors (Lipinski definition) is 3. The number of nitrogens with two attached hydrogens (primary N) is 1. The van der Waals surface area contributed by atoms with E-state index in [0.717, 1.165) is 12.5 Å². The molecule has 1 aliphatic heterocycles. The van der Waals surface area contributed by atoms with Crippen LogP contribution in [-0.2, 0) is 22.3 Å². The maximum absolute atomic E-state index is 12.9. The number of carbonyl (C=O) groups is 1. The van der Waals surface area contributed by atoms with E-state index >= 15 is 0 Å². The molecule has 1 unspecified atom stereocenters. The van der Waals surface area contributed by atoms with Gasteiger partial charge in [0.15, 0.2) is 0 Å². The van der Waals surface area contributed by atoms with Crippen molar-refractivity contribution in [1.29, 1.82) is 0 Å². The SMILES string of the molecule is NCc1ccc(NC(=O)C2CCCO2)cc1C(F)(F)F. The molecule has 0 aromatic heterocycles. The molecule has 7 heteroatoms. The van der Waals surface area contributed by atoms with Gasteiger partial charge < -0.3 is 15.8 Å². The number of carbonyl (C=O) groups excluding carboxylic acids is 1. The molecule has 20 heavy (non-hydrogen) atoms. The van der Waals surface area contributed by atoms with Gasteiger partial charge in [-0.05, 0) is 30.5 Å². The van der Waals surface area contributed by atoms with Crippen LogP contribution >= 0.6 is 0 Å². The van der Waals surface area contributed by atoms with Crippen LogP contribution in [0, 0.1) is 0 Å². The molecule has 1 fully saturated rings. The third-order valence-corrected chi connectivity index (χ3v) is 3.12. The van der Waals surface area contributed by atoms with Crippen LogP contribution in [0.5, 0.6) is 0 Å². The average molecular weight is 288 g/mol. The van der Waals surface area contributed by atoms with Crippen molar-refractivity contribution in [2.45, 2.75) is 31.7 Å². The summed E-state index contributed by atoms with van der Waals surface area (Å²) in [5, 5.41) is 2.44. The molecule has 1 aliphatic rings. The Morgan fingerprint density at radius 2 is 2.20 bits per heavy atom. The number of benzene rings is 1. The molecule has 2 rings (SSSR count). The van der Waals surface area contributed by atoms with E-state index in [1.54, 1.807) is 0 Å². The van der Waals surface area contributed by atoms with Gasteiger partial charge in [0.1, 0.15) is 6.10 Å². The van der Waals surface area contributed by atoms with Crippen LogP contribution in [0.25, 0.3) is 0 Å². The zero-order valence-electron chi connectivity index (χ0n) is 10.7. The fourth-order valence-electron chi connectivity index (χ4n) is 2.10. The van der Waals surface area contributed by atoms with Crippen LogP contribution < -0.4 is 11.1 Å². The molecule has 0 bridgehead atoms. The second-order valence-electron chi connectivity index (χ2n) is 4.56. The van der Waals surface area contributed by atoms with Crippen molar-refractivity contribution in [3.63, 3.8) is 0 Å². The maximum atomic E-state index is 12.9. The van der Waals surface area contributed by atoms with Crippen LogP contribution in [0.4, 0.5) is 18.9 Å². The molecule has 4 nitrogen and oxygen atoms in total. The first-order valence-corrected chi connectivity index (χ1v) is 6.24.